The van der Waals surface area contributed by atoms with Gasteiger partial charge in [-0.25, -0.2) is 0 Å². The van der Waals surface area contributed by atoms with E-state index in [2.05, 4.69) is 30.8 Å². The smallest absolute Gasteiger partial charge is 0.406 e. The van der Waals surface area contributed by atoms with Crippen molar-refractivity contribution < 1.29 is 22.4 Å². The molecule has 0 saturated heterocycles. The van der Waals surface area contributed by atoms with Gasteiger partial charge in [0.2, 0.25) is 5.82 Å². The fraction of sp³-hybridized carbons (Fsp3) is 0.136. The monoisotopic (exact) mass is 505 g/mol. The Bertz CT molecular complexity index is 1310. The van der Waals surface area contributed by atoms with Gasteiger partial charge in [-0.2, -0.15) is 4.98 Å². The molecule has 4 aromatic rings. The summed E-state index contributed by atoms with van der Waals surface area (Å²) in [5.74, 6) is -0.209. The topological polar surface area (TPSA) is 70.2 Å². The Kier molecular flexibility index (Phi) is 5.88. The van der Waals surface area contributed by atoms with E-state index < -0.39 is 6.36 Å². The zero-order valence-electron chi connectivity index (χ0n) is 16.6. The predicted molar refractivity (Wildman–Crippen MR) is 114 cm³/mol. The van der Waals surface area contributed by atoms with Crippen LogP contribution in [-0.4, -0.2) is 21.1 Å². The molecule has 6 nitrogen and oxygen atoms in total. The lowest BCUT2D eigenvalue weighted by Crippen LogP contribution is -2.24. The lowest BCUT2D eigenvalue weighted by Gasteiger charge is -2.11. The fourth-order valence-electron chi connectivity index (χ4n) is 3.10. The van der Waals surface area contributed by atoms with Gasteiger partial charge in [-0.3, -0.25) is 4.79 Å². The maximum atomic E-state index is 13.1. The summed E-state index contributed by atoms with van der Waals surface area (Å²) in [6.07, 6.45) is -4.78. The average Bonchev–Trinajstić information content (AvgIpc) is 3.20. The molecule has 0 atom stereocenters. The van der Waals surface area contributed by atoms with Crippen molar-refractivity contribution >= 4 is 15.9 Å². The van der Waals surface area contributed by atoms with Crippen LogP contribution in [0.5, 0.6) is 5.75 Å². The molecule has 0 aliphatic heterocycles. The molecule has 10 heteroatoms. The standard InChI is InChI=1S/C22H15BrF3N3O3/c1-13-5-10-18(21(30)29(13)12-14-3-2-4-16(23)11-14)20-27-19(28-32-20)15-6-8-17(9-7-15)31-22(24,25)26/h2-11H,12H2,1H3. The van der Waals surface area contributed by atoms with Gasteiger partial charge in [-0.1, -0.05) is 33.2 Å². The molecule has 0 aliphatic rings. The van der Waals surface area contributed by atoms with Crippen molar-refractivity contribution in [1.29, 1.82) is 0 Å². The summed E-state index contributed by atoms with van der Waals surface area (Å²) in [4.78, 5) is 17.3. The van der Waals surface area contributed by atoms with Crippen molar-refractivity contribution in [2.45, 2.75) is 19.8 Å². The number of halogens is 4. The number of aromatic nitrogens is 3. The molecule has 32 heavy (non-hydrogen) atoms. The number of benzene rings is 2. The first-order valence-corrected chi connectivity index (χ1v) is 10.1. The number of aryl methyl sites for hydroxylation is 1. The van der Waals surface area contributed by atoms with Gasteiger partial charge in [0, 0.05) is 15.7 Å². The predicted octanol–water partition coefficient (Wildman–Crippen LogP) is 5.58. The van der Waals surface area contributed by atoms with E-state index in [0.717, 1.165) is 27.9 Å². The average molecular weight is 506 g/mol. The molecule has 164 valence electrons. The Hall–Kier alpha value is -3.40. The van der Waals surface area contributed by atoms with Crippen LogP contribution in [0.4, 0.5) is 13.2 Å². The van der Waals surface area contributed by atoms with E-state index in [1.165, 1.54) is 12.1 Å². The van der Waals surface area contributed by atoms with Crippen molar-refractivity contribution in [2.75, 3.05) is 0 Å². The molecule has 0 saturated carbocycles. The van der Waals surface area contributed by atoms with Crippen LogP contribution in [-0.2, 0) is 6.54 Å². The van der Waals surface area contributed by atoms with Crippen molar-refractivity contribution in [3.8, 4) is 28.6 Å². The van der Waals surface area contributed by atoms with E-state index in [-0.39, 0.29) is 28.6 Å². The van der Waals surface area contributed by atoms with Crippen LogP contribution in [0.15, 0.2) is 74.5 Å². The maximum absolute atomic E-state index is 13.1. The van der Waals surface area contributed by atoms with Crippen molar-refractivity contribution in [2.24, 2.45) is 0 Å². The summed E-state index contributed by atoms with van der Waals surface area (Å²) >= 11 is 3.42. The van der Waals surface area contributed by atoms with Crippen LogP contribution < -0.4 is 10.3 Å². The van der Waals surface area contributed by atoms with Crippen molar-refractivity contribution in [3.05, 3.63) is 86.7 Å². The zero-order chi connectivity index (χ0) is 22.9. The quantitative estimate of drug-likeness (QED) is 0.354. The first-order chi connectivity index (χ1) is 15.2. The second-order valence-corrected chi connectivity index (χ2v) is 7.82. The number of hydrogen-bond acceptors (Lipinski definition) is 5. The maximum Gasteiger partial charge on any atom is 0.573 e. The largest absolute Gasteiger partial charge is 0.573 e. The summed E-state index contributed by atoms with van der Waals surface area (Å²) in [5.41, 5.74) is 2.04. The molecular formula is C22H15BrF3N3O3. The Morgan fingerprint density at radius 1 is 1.09 bits per heavy atom. The Morgan fingerprint density at radius 3 is 2.53 bits per heavy atom. The molecule has 0 amide bonds. The summed E-state index contributed by atoms with van der Waals surface area (Å²) in [7, 11) is 0. The van der Waals surface area contributed by atoms with Crippen LogP contribution in [0.1, 0.15) is 11.3 Å². The van der Waals surface area contributed by atoms with E-state index in [1.54, 1.807) is 16.7 Å². The first kappa shape index (κ1) is 21.8. The summed E-state index contributed by atoms with van der Waals surface area (Å²) in [5, 5.41) is 3.85. The fourth-order valence-corrected chi connectivity index (χ4v) is 3.55. The third-order valence-corrected chi connectivity index (χ3v) is 5.12. The number of nitrogens with zero attached hydrogens (tertiary/aromatic N) is 3. The first-order valence-electron chi connectivity index (χ1n) is 9.35. The van der Waals surface area contributed by atoms with E-state index in [4.69, 9.17) is 4.52 Å². The molecule has 2 aromatic carbocycles. The SMILES string of the molecule is Cc1ccc(-c2nc(-c3ccc(OC(F)(F)F)cc3)no2)c(=O)n1Cc1cccc(Br)c1. The minimum atomic E-state index is -4.78. The summed E-state index contributed by atoms with van der Waals surface area (Å²) in [6, 6.07) is 16.1. The molecule has 0 N–H and O–H groups in total. The van der Waals surface area contributed by atoms with Crippen LogP contribution >= 0.6 is 15.9 Å². The second kappa shape index (κ2) is 8.62. The Labute approximate surface area is 188 Å². The summed E-state index contributed by atoms with van der Waals surface area (Å²) in [6.45, 7) is 2.19. The number of ether oxygens (including phenoxy) is 1. The van der Waals surface area contributed by atoms with Gasteiger partial charge in [0.1, 0.15) is 11.3 Å². The molecule has 4 rings (SSSR count). The van der Waals surface area contributed by atoms with E-state index in [0.29, 0.717) is 12.1 Å². The number of pyridine rings is 1. The van der Waals surface area contributed by atoms with Crippen LogP contribution in [0.25, 0.3) is 22.8 Å². The van der Waals surface area contributed by atoms with E-state index in [1.807, 2.05) is 31.2 Å². The molecule has 0 bridgehead atoms. The van der Waals surface area contributed by atoms with E-state index in [9.17, 15) is 18.0 Å². The zero-order valence-corrected chi connectivity index (χ0v) is 18.1. The van der Waals surface area contributed by atoms with Gasteiger partial charge in [-0.15, -0.1) is 13.2 Å². The van der Waals surface area contributed by atoms with Crippen LogP contribution in [0.2, 0.25) is 0 Å². The number of alkyl halides is 3. The highest BCUT2D eigenvalue weighted by atomic mass is 79.9. The Morgan fingerprint density at radius 2 is 1.84 bits per heavy atom. The minimum Gasteiger partial charge on any atom is -0.406 e. The molecule has 0 fully saturated rings. The number of hydrogen-bond donors (Lipinski definition) is 0. The highest BCUT2D eigenvalue weighted by Gasteiger charge is 2.31. The molecule has 2 aromatic heterocycles. The van der Waals surface area contributed by atoms with Gasteiger partial charge >= 0.3 is 6.36 Å². The van der Waals surface area contributed by atoms with Gasteiger partial charge in [0.05, 0.1) is 6.54 Å². The normalized spacial score (nSPS) is 11.5. The van der Waals surface area contributed by atoms with Gasteiger partial charge in [0.15, 0.2) is 0 Å². The number of rotatable bonds is 5. The van der Waals surface area contributed by atoms with Crippen molar-refractivity contribution in [1.82, 2.24) is 14.7 Å². The lowest BCUT2D eigenvalue weighted by atomic mass is 10.2. The highest BCUT2D eigenvalue weighted by Crippen LogP contribution is 2.26. The van der Waals surface area contributed by atoms with Crippen LogP contribution in [0, 0.1) is 6.92 Å². The van der Waals surface area contributed by atoms with Crippen molar-refractivity contribution in [3.63, 3.8) is 0 Å². The molecule has 0 unspecified atom stereocenters. The van der Waals surface area contributed by atoms with Crippen LogP contribution in [0.3, 0.4) is 0 Å². The second-order valence-electron chi connectivity index (χ2n) is 6.90. The minimum absolute atomic E-state index is 0.0172. The lowest BCUT2D eigenvalue weighted by molar-refractivity contribution is -0.274. The van der Waals surface area contributed by atoms with Gasteiger partial charge in [0.25, 0.3) is 11.4 Å². The highest BCUT2D eigenvalue weighted by molar-refractivity contribution is 9.10. The van der Waals surface area contributed by atoms with Gasteiger partial charge < -0.3 is 13.8 Å². The molecule has 0 aliphatic carbocycles. The molecule has 2 heterocycles. The van der Waals surface area contributed by atoms with E-state index >= 15 is 0 Å². The molecular weight excluding hydrogens is 491 g/mol. The molecule has 0 spiro atoms. The third kappa shape index (κ3) is 4.91. The molecule has 0 radical (unpaired) electrons. The third-order valence-electron chi connectivity index (χ3n) is 4.62. The van der Waals surface area contributed by atoms with Gasteiger partial charge in [-0.05, 0) is 61.0 Å². The summed E-state index contributed by atoms with van der Waals surface area (Å²) < 4.78 is 48.6. The Balaban J connectivity index is 1.62.